The fourth-order valence-corrected chi connectivity index (χ4v) is 1.68. The van der Waals surface area contributed by atoms with Crippen LogP contribution in [0.2, 0.25) is 0 Å². The van der Waals surface area contributed by atoms with Crippen LogP contribution < -0.4 is 10.5 Å². The summed E-state index contributed by atoms with van der Waals surface area (Å²) in [7, 11) is 0. The topological polar surface area (TPSA) is 35.2 Å². The number of nitrogen functional groups attached to an aromatic ring is 1. The van der Waals surface area contributed by atoms with E-state index in [4.69, 9.17) is 10.5 Å². The van der Waals surface area contributed by atoms with Crippen molar-refractivity contribution in [1.82, 2.24) is 0 Å². The van der Waals surface area contributed by atoms with Crippen molar-refractivity contribution in [2.75, 3.05) is 5.73 Å². The Hall–Kier alpha value is -2.40. The first kappa shape index (κ1) is 13.0. The van der Waals surface area contributed by atoms with Gasteiger partial charge in [0.1, 0.15) is 5.75 Å². The van der Waals surface area contributed by atoms with E-state index in [1.807, 2.05) is 62.4 Å². The second-order valence-corrected chi connectivity index (χ2v) is 4.57. The highest BCUT2D eigenvalue weighted by atomic mass is 16.5. The lowest BCUT2D eigenvalue weighted by atomic mass is 10.1. The van der Waals surface area contributed by atoms with Crippen LogP contribution in [-0.4, -0.2) is 6.10 Å². The molecule has 0 aliphatic carbocycles. The largest absolute Gasteiger partial charge is 0.491 e. The number of benzene rings is 2. The Bertz CT molecular complexity index is 620. The van der Waals surface area contributed by atoms with Crippen LogP contribution >= 0.6 is 0 Å². The van der Waals surface area contributed by atoms with E-state index in [0.717, 1.165) is 22.6 Å². The number of anilines is 1. The zero-order valence-electron chi connectivity index (χ0n) is 11.2. The van der Waals surface area contributed by atoms with Gasteiger partial charge < -0.3 is 10.5 Å². The van der Waals surface area contributed by atoms with Gasteiger partial charge in [0.05, 0.1) is 6.10 Å². The maximum absolute atomic E-state index is 5.72. The summed E-state index contributed by atoms with van der Waals surface area (Å²) >= 11 is 0. The Labute approximate surface area is 114 Å². The summed E-state index contributed by atoms with van der Waals surface area (Å²) in [6.45, 7) is 4.01. The van der Waals surface area contributed by atoms with Crippen molar-refractivity contribution < 1.29 is 4.74 Å². The fourth-order valence-electron chi connectivity index (χ4n) is 1.68. The third kappa shape index (κ3) is 4.08. The molecule has 0 fully saturated rings. The highest BCUT2D eigenvalue weighted by molar-refractivity contribution is 5.50. The van der Waals surface area contributed by atoms with E-state index in [9.17, 15) is 0 Å². The quantitative estimate of drug-likeness (QED) is 0.655. The van der Waals surface area contributed by atoms with Gasteiger partial charge in [0, 0.05) is 16.8 Å². The molecule has 2 nitrogen and oxygen atoms in total. The monoisotopic (exact) mass is 251 g/mol. The van der Waals surface area contributed by atoms with E-state index < -0.39 is 0 Å². The highest BCUT2D eigenvalue weighted by Crippen LogP contribution is 2.14. The molecular formula is C17H17NO. The minimum atomic E-state index is 0.164. The van der Waals surface area contributed by atoms with Gasteiger partial charge in [-0.1, -0.05) is 24.0 Å². The maximum atomic E-state index is 5.72. The molecule has 2 aromatic rings. The predicted octanol–water partition coefficient (Wildman–Crippen LogP) is 3.46. The molecule has 0 spiro atoms. The molecule has 0 saturated carbocycles. The number of ether oxygens (including phenoxy) is 1. The standard InChI is InChI=1S/C17H17NO/c1-13(2)19-17-8-4-6-15(12-17)10-9-14-5-3-7-16(18)11-14/h3-8,11-13H,18H2,1-2H3. The second kappa shape index (κ2) is 5.97. The predicted molar refractivity (Wildman–Crippen MR) is 79.0 cm³/mol. The summed E-state index contributed by atoms with van der Waals surface area (Å²) in [5.41, 5.74) is 8.29. The van der Waals surface area contributed by atoms with Crippen molar-refractivity contribution in [2.24, 2.45) is 0 Å². The van der Waals surface area contributed by atoms with Gasteiger partial charge in [-0.05, 0) is 50.2 Å². The van der Waals surface area contributed by atoms with Crippen LogP contribution in [-0.2, 0) is 0 Å². The van der Waals surface area contributed by atoms with Crippen LogP contribution in [0, 0.1) is 11.8 Å². The third-order valence-corrected chi connectivity index (χ3v) is 2.44. The summed E-state index contributed by atoms with van der Waals surface area (Å²) < 4.78 is 5.64. The molecule has 0 atom stereocenters. The van der Waals surface area contributed by atoms with Gasteiger partial charge in [0.25, 0.3) is 0 Å². The highest BCUT2D eigenvalue weighted by Gasteiger charge is 1.97. The van der Waals surface area contributed by atoms with E-state index in [0.29, 0.717) is 0 Å². The molecule has 2 N–H and O–H groups in total. The lowest BCUT2D eigenvalue weighted by Gasteiger charge is -2.09. The smallest absolute Gasteiger partial charge is 0.120 e. The average Bonchev–Trinajstić information content (AvgIpc) is 2.36. The van der Waals surface area contributed by atoms with Crippen LogP contribution in [0.25, 0.3) is 0 Å². The van der Waals surface area contributed by atoms with Crippen molar-refractivity contribution in [3.05, 3.63) is 59.7 Å². The van der Waals surface area contributed by atoms with Gasteiger partial charge in [0.2, 0.25) is 0 Å². The Morgan fingerprint density at radius 2 is 1.58 bits per heavy atom. The van der Waals surface area contributed by atoms with Gasteiger partial charge in [0.15, 0.2) is 0 Å². The van der Waals surface area contributed by atoms with Gasteiger partial charge in [-0.3, -0.25) is 0 Å². The summed E-state index contributed by atoms with van der Waals surface area (Å²) in [5, 5.41) is 0. The summed E-state index contributed by atoms with van der Waals surface area (Å²) in [6, 6.07) is 15.3. The van der Waals surface area contributed by atoms with E-state index in [1.165, 1.54) is 0 Å². The van der Waals surface area contributed by atoms with Gasteiger partial charge in [-0.25, -0.2) is 0 Å². The summed E-state index contributed by atoms with van der Waals surface area (Å²) in [5.74, 6) is 7.06. The second-order valence-electron chi connectivity index (χ2n) is 4.57. The molecule has 2 rings (SSSR count). The molecule has 0 bridgehead atoms. The molecule has 0 aromatic heterocycles. The molecule has 0 aliphatic heterocycles. The minimum Gasteiger partial charge on any atom is -0.491 e. The molecule has 0 aliphatic rings. The average molecular weight is 251 g/mol. The lowest BCUT2D eigenvalue weighted by Crippen LogP contribution is -2.05. The van der Waals surface area contributed by atoms with Crippen LogP contribution in [0.15, 0.2) is 48.5 Å². The Morgan fingerprint density at radius 1 is 0.947 bits per heavy atom. The van der Waals surface area contributed by atoms with Gasteiger partial charge in [-0.15, -0.1) is 0 Å². The maximum Gasteiger partial charge on any atom is 0.120 e. The van der Waals surface area contributed by atoms with Crippen molar-refractivity contribution in [2.45, 2.75) is 20.0 Å². The molecule has 2 heteroatoms. The molecule has 19 heavy (non-hydrogen) atoms. The van der Waals surface area contributed by atoms with Gasteiger partial charge in [-0.2, -0.15) is 0 Å². The Kier molecular flexibility index (Phi) is 4.10. The minimum absolute atomic E-state index is 0.164. The first-order valence-electron chi connectivity index (χ1n) is 6.28. The van der Waals surface area contributed by atoms with Crippen molar-refractivity contribution in [1.29, 1.82) is 0 Å². The molecular weight excluding hydrogens is 234 g/mol. The third-order valence-electron chi connectivity index (χ3n) is 2.44. The van der Waals surface area contributed by atoms with E-state index in [-0.39, 0.29) is 6.10 Å². The molecule has 0 unspecified atom stereocenters. The van der Waals surface area contributed by atoms with Gasteiger partial charge >= 0.3 is 0 Å². The summed E-state index contributed by atoms with van der Waals surface area (Å²) in [4.78, 5) is 0. The number of hydrogen-bond acceptors (Lipinski definition) is 2. The number of rotatable bonds is 2. The SMILES string of the molecule is CC(C)Oc1cccc(C#Cc2cccc(N)c2)c1. The van der Waals surface area contributed by atoms with Crippen LogP contribution in [0.3, 0.4) is 0 Å². The molecule has 0 saturated heterocycles. The zero-order chi connectivity index (χ0) is 13.7. The van der Waals surface area contributed by atoms with E-state index in [2.05, 4.69) is 11.8 Å². The van der Waals surface area contributed by atoms with E-state index in [1.54, 1.807) is 0 Å². The van der Waals surface area contributed by atoms with Crippen molar-refractivity contribution in [3.8, 4) is 17.6 Å². The van der Waals surface area contributed by atoms with Crippen LogP contribution in [0.4, 0.5) is 5.69 Å². The van der Waals surface area contributed by atoms with Crippen molar-refractivity contribution >= 4 is 5.69 Å². The van der Waals surface area contributed by atoms with E-state index >= 15 is 0 Å². The Balaban J connectivity index is 2.20. The Morgan fingerprint density at radius 3 is 2.21 bits per heavy atom. The van der Waals surface area contributed by atoms with Crippen LogP contribution in [0.1, 0.15) is 25.0 Å². The molecule has 0 heterocycles. The molecule has 2 aromatic carbocycles. The zero-order valence-corrected chi connectivity index (χ0v) is 11.2. The van der Waals surface area contributed by atoms with Crippen molar-refractivity contribution in [3.63, 3.8) is 0 Å². The first-order valence-corrected chi connectivity index (χ1v) is 6.28. The fraction of sp³-hybridized carbons (Fsp3) is 0.176. The molecule has 0 amide bonds. The first-order chi connectivity index (χ1) is 9.13. The van der Waals surface area contributed by atoms with Crippen LogP contribution in [0.5, 0.6) is 5.75 Å². The summed E-state index contributed by atoms with van der Waals surface area (Å²) in [6.07, 6.45) is 0.164. The molecule has 96 valence electrons. The molecule has 0 radical (unpaired) electrons. The number of nitrogens with two attached hydrogens (primary N) is 1. The number of hydrogen-bond donors (Lipinski definition) is 1. The normalized spacial score (nSPS) is 9.84. The lowest BCUT2D eigenvalue weighted by molar-refractivity contribution is 0.242.